The molecule has 7 rings (SSSR count). The Labute approximate surface area is 215 Å². The lowest BCUT2D eigenvalue weighted by Gasteiger charge is -2.12. The highest BCUT2D eigenvalue weighted by molar-refractivity contribution is 6.06. The van der Waals surface area contributed by atoms with Crippen LogP contribution < -0.4 is 0 Å². The van der Waals surface area contributed by atoms with Crippen molar-refractivity contribution in [3.63, 3.8) is 0 Å². The summed E-state index contributed by atoms with van der Waals surface area (Å²) in [5.41, 5.74) is 10.8. The van der Waals surface area contributed by atoms with Gasteiger partial charge in [0, 0.05) is 28.4 Å². The molecule has 4 aromatic carbocycles. The summed E-state index contributed by atoms with van der Waals surface area (Å²) in [4.78, 5) is 9.68. The van der Waals surface area contributed by atoms with Gasteiger partial charge in [0.15, 0.2) is 0 Å². The Morgan fingerprint density at radius 1 is 0.459 bits per heavy atom. The SMILES string of the molecule is c1ccc(-c2cc(-c3ccc(-n4c5ccccc5c5ncccc54)cc3)cc(-c3ccccc3)n2)cc1. The molecule has 174 valence electrons. The van der Waals surface area contributed by atoms with Crippen LogP contribution in [0.2, 0.25) is 0 Å². The molecule has 0 N–H and O–H groups in total. The van der Waals surface area contributed by atoms with Crippen LogP contribution in [0.5, 0.6) is 0 Å². The molecule has 0 radical (unpaired) electrons. The van der Waals surface area contributed by atoms with Crippen LogP contribution in [0.3, 0.4) is 0 Å². The molecule has 0 atom stereocenters. The molecule has 0 unspecified atom stereocenters. The van der Waals surface area contributed by atoms with Crippen molar-refractivity contribution in [1.29, 1.82) is 0 Å². The topological polar surface area (TPSA) is 30.7 Å². The first-order chi connectivity index (χ1) is 18.3. The molecule has 0 aliphatic heterocycles. The molecule has 3 heteroatoms. The van der Waals surface area contributed by atoms with E-state index in [0.29, 0.717) is 0 Å². The van der Waals surface area contributed by atoms with Crippen molar-refractivity contribution in [1.82, 2.24) is 14.5 Å². The minimum atomic E-state index is 0.967. The second kappa shape index (κ2) is 8.89. The average molecular weight is 474 g/mol. The number of benzene rings is 4. The summed E-state index contributed by atoms with van der Waals surface area (Å²) in [6.07, 6.45) is 1.86. The maximum atomic E-state index is 5.01. The molecule has 0 amide bonds. The van der Waals surface area contributed by atoms with Crippen molar-refractivity contribution in [2.24, 2.45) is 0 Å². The maximum Gasteiger partial charge on any atom is 0.0963 e. The monoisotopic (exact) mass is 473 g/mol. The first-order valence-corrected chi connectivity index (χ1v) is 12.4. The first kappa shape index (κ1) is 21.3. The molecule has 0 saturated heterocycles. The Kier molecular flexibility index (Phi) is 5.11. The molecule has 0 bridgehead atoms. The van der Waals surface area contributed by atoms with Crippen LogP contribution in [0.25, 0.3) is 61.3 Å². The van der Waals surface area contributed by atoms with E-state index in [9.17, 15) is 0 Å². The highest BCUT2D eigenvalue weighted by Gasteiger charge is 2.13. The normalized spacial score (nSPS) is 11.2. The van der Waals surface area contributed by atoms with E-state index in [1.807, 2.05) is 24.4 Å². The molecular formula is C34H23N3. The van der Waals surface area contributed by atoms with Gasteiger partial charge in [-0.2, -0.15) is 0 Å². The lowest BCUT2D eigenvalue weighted by Crippen LogP contribution is -1.94. The van der Waals surface area contributed by atoms with E-state index in [1.165, 1.54) is 0 Å². The van der Waals surface area contributed by atoms with Crippen molar-refractivity contribution in [2.75, 3.05) is 0 Å². The summed E-state index contributed by atoms with van der Waals surface area (Å²) in [5, 5.41) is 1.16. The summed E-state index contributed by atoms with van der Waals surface area (Å²) in [5.74, 6) is 0. The Morgan fingerprint density at radius 3 is 1.73 bits per heavy atom. The van der Waals surface area contributed by atoms with Crippen LogP contribution in [0.15, 0.2) is 140 Å². The van der Waals surface area contributed by atoms with Gasteiger partial charge in [0.2, 0.25) is 0 Å². The quantitative estimate of drug-likeness (QED) is 0.256. The fourth-order valence-corrected chi connectivity index (χ4v) is 5.08. The maximum absolute atomic E-state index is 5.01. The van der Waals surface area contributed by atoms with E-state index in [2.05, 4.69) is 125 Å². The Morgan fingerprint density at radius 2 is 1.05 bits per heavy atom. The summed E-state index contributed by atoms with van der Waals surface area (Å²) >= 11 is 0. The smallest absolute Gasteiger partial charge is 0.0963 e. The van der Waals surface area contributed by atoms with E-state index < -0.39 is 0 Å². The molecular weight excluding hydrogens is 450 g/mol. The average Bonchev–Trinajstić information content (AvgIpc) is 3.32. The van der Waals surface area contributed by atoms with Gasteiger partial charge in [0.1, 0.15) is 0 Å². The van der Waals surface area contributed by atoms with Crippen molar-refractivity contribution in [3.8, 4) is 39.3 Å². The molecule has 0 fully saturated rings. The third-order valence-electron chi connectivity index (χ3n) is 6.85. The van der Waals surface area contributed by atoms with Crippen molar-refractivity contribution in [2.45, 2.75) is 0 Å². The predicted octanol–water partition coefficient (Wildman–Crippen LogP) is 8.57. The number of hydrogen-bond donors (Lipinski definition) is 0. The number of aromatic nitrogens is 3. The van der Waals surface area contributed by atoms with Gasteiger partial charge in [-0.3, -0.25) is 4.98 Å². The summed E-state index contributed by atoms with van der Waals surface area (Å²) in [6, 6.07) is 46.5. The third kappa shape index (κ3) is 3.78. The number of para-hydroxylation sites is 1. The molecule has 3 nitrogen and oxygen atoms in total. The fourth-order valence-electron chi connectivity index (χ4n) is 5.08. The van der Waals surface area contributed by atoms with Gasteiger partial charge in [-0.25, -0.2) is 4.98 Å². The van der Waals surface area contributed by atoms with E-state index in [-0.39, 0.29) is 0 Å². The lowest BCUT2D eigenvalue weighted by atomic mass is 10.00. The summed E-state index contributed by atoms with van der Waals surface area (Å²) in [6.45, 7) is 0. The molecule has 0 saturated carbocycles. The van der Waals surface area contributed by atoms with Gasteiger partial charge in [0.25, 0.3) is 0 Å². The Hall–Kier alpha value is -5.02. The Balaban J connectivity index is 1.37. The van der Waals surface area contributed by atoms with Crippen molar-refractivity contribution < 1.29 is 0 Å². The lowest BCUT2D eigenvalue weighted by molar-refractivity contribution is 1.18. The van der Waals surface area contributed by atoms with Gasteiger partial charge in [-0.15, -0.1) is 0 Å². The van der Waals surface area contributed by atoms with E-state index in [0.717, 1.165) is 61.3 Å². The van der Waals surface area contributed by atoms with Crippen LogP contribution >= 0.6 is 0 Å². The minimum absolute atomic E-state index is 0.967. The van der Waals surface area contributed by atoms with E-state index >= 15 is 0 Å². The van der Waals surface area contributed by atoms with Crippen LogP contribution in [0, 0.1) is 0 Å². The summed E-state index contributed by atoms with van der Waals surface area (Å²) < 4.78 is 2.29. The number of hydrogen-bond acceptors (Lipinski definition) is 2. The number of rotatable bonds is 4. The molecule has 0 aliphatic carbocycles. The third-order valence-corrected chi connectivity index (χ3v) is 6.85. The molecule has 3 heterocycles. The van der Waals surface area contributed by atoms with Gasteiger partial charge in [-0.05, 0) is 53.6 Å². The van der Waals surface area contributed by atoms with E-state index in [1.54, 1.807) is 0 Å². The van der Waals surface area contributed by atoms with Crippen molar-refractivity contribution >= 4 is 21.9 Å². The van der Waals surface area contributed by atoms with Gasteiger partial charge in [-0.1, -0.05) is 91.0 Å². The molecule has 7 aromatic rings. The molecule has 37 heavy (non-hydrogen) atoms. The number of nitrogens with zero attached hydrogens (tertiary/aromatic N) is 3. The van der Waals surface area contributed by atoms with Crippen LogP contribution in [0.1, 0.15) is 0 Å². The van der Waals surface area contributed by atoms with Crippen molar-refractivity contribution in [3.05, 3.63) is 140 Å². The first-order valence-electron chi connectivity index (χ1n) is 12.4. The second-order valence-corrected chi connectivity index (χ2v) is 9.13. The standard InChI is InChI=1S/C34H23N3/c1-3-10-25(11-4-1)30-22-27(23-31(36-30)26-12-5-2-6-13-26)24-17-19-28(20-18-24)37-32-15-8-7-14-29(32)34-33(37)16-9-21-35-34/h1-23H. The van der Waals surface area contributed by atoms with E-state index in [4.69, 9.17) is 4.98 Å². The molecule has 3 aromatic heterocycles. The highest BCUT2D eigenvalue weighted by atomic mass is 15.0. The highest BCUT2D eigenvalue weighted by Crippen LogP contribution is 2.33. The Bertz CT molecular complexity index is 1740. The van der Waals surface area contributed by atoms with Gasteiger partial charge >= 0.3 is 0 Å². The second-order valence-electron chi connectivity index (χ2n) is 9.13. The molecule has 0 aliphatic rings. The van der Waals surface area contributed by atoms with Crippen LogP contribution in [0.4, 0.5) is 0 Å². The van der Waals surface area contributed by atoms with Crippen LogP contribution in [-0.2, 0) is 0 Å². The fraction of sp³-hybridized carbons (Fsp3) is 0. The zero-order valence-corrected chi connectivity index (χ0v) is 20.1. The number of fused-ring (bicyclic) bond motifs is 3. The van der Waals surface area contributed by atoms with Gasteiger partial charge < -0.3 is 4.57 Å². The predicted molar refractivity (Wildman–Crippen MR) is 153 cm³/mol. The number of pyridine rings is 2. The van der Waals surface area contributed by atoms with Crippen LogP contribution in [-0.4, -0.2) is 14.5 Å². The molecule has 0 spiro atoms. The minimum Gasteiger partial charge on any atom is -0.308 e. The zero-order valence-electron chi connectivity index (χ0n) is 20.1. The largest absolute Gasteiger partial charge is 0.308 e. The summed E-state index contributed by atoms with van der Waals surface area (Å²) in [7, 11) is 0. The van der Waals surface area contributed by atoms with Gasteiger partial charge in [0.05, 0.1) is 27.9 Å². The zero-order chi connectivity index (χ0) is 24.6.